The van der Waals surface area contributed by atoms with Gasteiger partial charge >= 0.3 is 6.09 Å². The fourth-order valence-electron chi connectivity index (χ4n) is 2.12. The van der Waals surface area contributed by atoms with Crippen molar-refractivity contribution >= 4 is 6.09 Å². The van der Waals surface area contributed by atoms with Crippen molar-refractivity contribution in [2.75, 3.05) is 6.54 Å². The van der Waals surface area contributed by atoms with Crippen molar-refractivity contribution in [1.82, 2.24) is 5.06 Å². The summed E-state index contributed by atoms with van der Waals surface area (Å²) < 4.78 is 5.44. The molecule has 2 aromatic rings. The van der Waals surface area contributed by atoms with E-state index in [0.717, 1.165) is 11.1 Å². The number of nitrogens with zero attached hydrogens (tertiary/aromatic N) is 1. The van der Waals surface area contributed by atoms with Gasteiger partial charge in [-0.3, -0.25) is 4.84 Å². The Kier molecular flexibility index (Phi) is 6.38. The van der Waals surface area contributed by atoms with E-state index >= 15 is 0 Å². The van der Waals surface area contributed by atoms with Gasteiger partial charge in [-0.25, -0.2) is 4.79 Å². The Balaban J connectivity index is 1.98. The van der Waals surface area contributed by atoms with Crippen molar-refractivity contribution in [2.24, 2.45) is 0 Å². The molecule has 0 fully saturated rings. The molecular weight excluding hydrogens is 302 g/mol. The first-order chi connectivity index (χ1) is 11.4. The number of hydrogen-bond acceptors (Lipinski definition) is 3. The third-order valence-corrected chi connectivity index (χ3v) is 3.27. The van der Waals surface area contributed by atoms with Crippen molar-refractivity contribution in [3.05, 3.63) is 71.8 Å². The van der Waals surface area contributed by atoms with E-state index in [9.17, 15) is 4.79 Å². The minimum Gasteiger partial charge on any atom is -0.442 e. The van der Waals surface area contributed by atoms with Gasteiger partial charge in [-0.2, -0.15) is 5.06 Å². The minimum atomic E-state index is -0.557. The summed E-state index contributed by atoms with van der Waals surface area (Å²) in [5, 5.41) is 1.31. The minimum absolute atomic E-state index is 0.328. The Bertz CT molecular complexity index is 577. The molecule has 4 nitrogen and oxygen atoms in total. The van der Waals surface area contributed by atoms with E-state index in [0.29, 0.717) is 19.6 Å². The summed E-state index contributed by atoms with van der Waals surface area (Å²) in [6, 6.07) is 19.8. The van der Waals surface area contributed by atoms with Gasteiger partial charge in [0.2, 0.25) is 0 Å². The number of amides is 1. The number of carbonyl (C=O) groups is 1. The predicted molar refractivity (Wildman–Crippen MR) is 94.3 cm³/mol. The monoisotopic (exact) mass is 327 g/mol. The molecule has 0 N–H and O–H groups in total. The molecule has 0 unspecified atom stereocenters. The molecule has 0 heterocycles. The first-order valence-electron chi connectivity index (χ1n) is 8.15. The Morgan fingerprint density at radius 3 is 2.00 bits per heavy atom. The lowest BCUT2D eigenvalue weighted by molar-refractivity contribution is -0.155. The molecule has 24 heavy (non-hydrogen) atoms. The summed E-state index contributed by atoms with van der Waals surface area (Å²) in [5.74, 6) is 0. The fraction of sp³-hybridized carbons (Fsp3) is 0.350. The normalized spacial score (nSPS) is 11.1. The van der Waals surface area contributed by atoms with E-state index in [1.807, 2.05) is 81.4 Å². The van der Waals surface area contributed by atoms with Gasteiger partial charge in [-0.1, -0.05) is 60.7 Å². The number of rotatable bonds is 6. The van der Waals surface area contributed by atoms with Crippen molar-refractivity contribution in [3.8, 4) is 0 Å². The van der Waals surface area contributed by atoms with Crippen molar-refractivity contribution < 1.29 is 14.4 Å². The smallest absolute Gasteiger partial charge is 0.434 e. The summed E-state index contributed by atoms with van der Waals surface area (Å²) >= 11 is 0. The molecule has 2 rings (SSSR count). The number of hydrogen-bond donors (Lipinski definition) is 0. The first-order valence-corrected chi connectivity index (χ1v) is 8.15. The van der Waals surface area contributed by atoms with Crippen LogP contribution in [-0.2, 0) is 22.6 Å². The number of hydroxylamine groups is 2. The van der Waals surface area contributed by atoms with Crippen LogP contribution in [0.2, 0.25) is 0 Å². The average molecular weight is 327 g/mol. The van der Waals surface area contributed by atoms with E-state index in [1.165, 1.54) is 5.06 Å². The molecule has 2 aromatic carbocycles. The molecule has 0 aliphatic heterocycles. The molecule has 0 atom stereocenters. The summed E-state index contributed by atoms with van der Waals surface area (Å²) in [6.45, 7) is 6.30. The standard InChI is InChI=1S/C20H25NO3/c1-20(2,3)24-19(22)21(15-14-17-10-6-4-7-11-17)23-16-18-12-8-5-9-13-18/h4-13H,14-16H2,1-3H3. The highest BCUT2D eigenvalue weighted by Gasteiger charge is 2.23. The molecule has 0 bridgehead atoms. The molecule has 128 valence electrons. The first kappa shape index (κ1) is 18.0. The second kappa shape index (κ2) is 8.50. The number of ether oxygens (including phenoxy) is 1. The maximum absolute atomic E-state index is 12.4. The zero-order valence-electron chi connectivity index (χ0n) is 14.6. The molecule has 0 radical (unpaired) electrons. The van der Waals surface area contributed by atoms with Crippen LogP contribution in [0, 0.1) is 0 Å². The van der Waals surface area contributed by atoms with Crippen LogP contribution < -0.4 is 0 Å². The SMILES string of the molecule is CC(C)(C)OC(=O)N(CCc1ccccc1)OCc1ccccc1. The van der Waals surface area contributed by atoms with Gasteiger partial charge in [0.1, 0.15) is 12.2 Å². The Morgan fingerprint density at radius 1 is 0.917 bits per heavy atom. The van der Waals surface area contributed by atoms with E-state index in [1.54, 1.807) is 0 Å². The molecular formula is C20H25NO3. The van der Waals surface area contributed by atoms with Gasteiger partial charge in [0.05, 0.1) is 6.54 Å². The van der Waals surface area contributed by atoms with Gasteiger partial charge in [0, 0.05) is 0 Å². The topological polar surface area (TPSA) is 38.8 Å². The van der Waals surface area contributed by atoms with Gasteiger partial charge < -0.3 is 4.74 Å². The van der Waals surface area contributed by atoms with Gasteiger partial charge in [0.25, 0.3) is 0 Å². The molecule has 0 aliphatic carbocycles. The molecule has 0 saturated carbocycles. The maximum Gasteiger partial charge on any atom is 0.434 e. The zero-order chi connectivity index (χ0) is 17.4. The highest BCUT2D eigenvalue weighted by atomic mass is 16.7. The van der Waals surface area contributed by atoms with Crippen LogP contribution in [0.3, 0.4) is 0 Å². The lowest BCUT2D eigenvalue weighted by Gasteiger charge is -2.26. The third kappa shape index (κ3) is 6.42. The summed E-state index contributed by atoms with van der Waals surface area (Å²) in [7, 11) is 0. The second-order valence-corrected chi connectivity index (χ2v) is 6.58. The highest BCUT2D eigenvalue weighted by molar-refractivity contribution is 5.66. The van der Waals surface area contributed by atoms with E-state index in [-0.39, 0.29) is 0 Å². The van der Waals surface area contributed by atoms with Gasteiger partial charge in [-0.15, -0.1) is 0 Å². The number of carbonyl (C=O) groups excluding carboxylic acids is 1. The molecule has 0 saturated heterocycles. The number of benzene rings is 2. The average Bonchev–Trinajstić information content (AvgIpc) is 2.55. The zero-order valence-corrected chi connectivity index (χ0v) is 14.6. The van der Waals surface area contributed by atoms with Crippen LogP contribution in [0.25, 0.3) is 0 Å². The Hall–Kier alpha value is -2.33. The van der Waals surface area contributed by atoms with Crippen molar-refractivity contribution in [2.45, 2.75) is 39.4 Å². The summed E-state index contributed by atoms with van der Waals surface area (Å²) in [5.41, 5.74) is 1.60. The molecule has 0 aliphatic rings. The van der Waals surface area contributed by atoms with Crippen molar-refractivity contribution in [3.63, 3.8) is 0 Å². The third-order valence-electron chi connectivity index (χ3n) is 3.27. The lowest BCUT2D eigenvalue weighted by Crippen LogP contribution is -2.38. The van der Waals surface area contributed by atoms with Crippen LogP contribution >= 0.6 is 0 Å². The molecule has 4 heteroatoms. The van der Waals surface area contributed by atoms with Crippen LogP contribution in [-0.4, -0.2) is 23.3 Å². The van der Waals surface area contributed by atoms with E-state index in [4.69, 9.17) is 9.57 Å². The molecule has 1 amide bonds. The van der Waals surface area contributed by atoms with E-state index in [2.05, 4.69) is 0 Å². The van der Waals surface area contributed by atoms with Crippen LogP contribution in [0.4, 0.5) is 4.79 Å². The molecule has 0 spiro atoms. The summed E-state index contributed by atoms with van der Waals surface area (Å²) in [6.07, 6.45) is 0.240. The van der Waals surface area contributed by atoms with Crippen LogP contribution in [0.5, 0.6) is 0 Å². The Labute approximate surface area is 144 Å². The summed E-state index contributed by atoms with van der Waals surface area (Å²) in [4.78, 5) is 18.1. The van der Waals surface area contributed by atoms with Gasteiger partial charge in [-0.05, 0) is 38.3 Å². The quantitative estimate of drug-likeness (QED) is 0.728. The maximum atomic E-state index is 12.4. The predicted octanol–water partition coefficient (Wildman–Crippen LogP) is 4.60. The van der Waals surface area contributed by atoms with Crippen molar-refractivity contribution in [1.29, 1.82) is 0 Å². The fourth-order valence-corrected chi connectivity index (χ4v) is 2.12. The van der Waals surface area contributed by atoms with E-state index < -0.39 is 11.7 Å². The highest BCUT2D eigenvalue weighted by Crippen LogP contribution is 2.13. The molecule has 0 aromatic heterocycles. The second-order valence-electron chi connectivity index (χ2n) is 6.58. The van der Waals surface area contributed by atoms with Crippen LogP contribution in [0.15, 0.2) is 60.7 Å². The Morgan fingerprint density at radius 2 is 1.46 bits per heavy atom. The largest absolute Gasteiger partial charge is 0.442 e. The van der Waals surface area contributed by atoms with Crippen LogP contribution in [0.1, 0.15) is 31.9 Å². The lowest BCUT2D eigenvalue weighted by atomic mass is 10.1. The van der Waals surface area contributed by atoms with Gasteiger partial charge in [0.15, 0.2) is 0 Å².